The van der Waals surface area contributed by atoms with Crippen LogP contribution in [0.2, 0.25) is 0 Å². The molecule has 0 heterocycles. The largest absolute Gasteiger partial charge is 0.481 e. The highest BCUT2D eigenvalue weighted by Gasteiger charge is 2.25. The number of carboxylic acid groups (broad SMARTS) is 1. The lowest BCUT2D eigenvalue weighted by atomic mass is 9.86. The molecule has 0 aromatic carbocycles. The molecule has 0 aliphatic heterocycles. The average molecular weight is 256 g/mol. The molecule has 1 amide bonds. The molecule has 1 rings (SSSR count). The van der Waals surface area contributed by atoms with Crippen LogP contribution >= 0.6 is 0 Å². The normalized spacial score (nSPS) is 25.4. The minimum atomic E-state index is -0.831. The summed E-state index contributed by atoms with van der Waals surface area (Å²) < 4.78 is 0. The summed E-state index contributed by atoms with van der Waals surface area (Å²) in [4.78, 5) is 22.8. The highest BCUT2D eigenvalue weighted by Crippen LogP contribution is 2.23. The minimum Gasteiger partial charge on any atom is -0.481 e. The Morgan fingerprint density at radius 3 is 2.44 bits per heavy atom. The van der Waals surface area contributed by atoms with Gasteiger partial charge in [0.15, 0.2) is 0 Å². The van der Waals surface area contributed by atoms with Crippen molar-refractivity contribution in [1.82, 2.24) is 5.32 Å². The van der Waals surface area contributed by atoms with Gasteiger partial charge in [0.2, 0.25) is 5.91 Å². The monoisotopic (exact) mass is 256 g/mol. The third-order valence-corrected chi connectivity index (χ3v) is 3.65. The Morgan fingerprint density at radius 1 is 1.33 bits per heavy atom. The summed E-state index contributed by atoms with van der Waals surface area (Å²) >= 11 is 0. The van der Waals surface area contributed by atoms with Crippen LogP contribution in [0.5, 0.6) is 0 Å². The quantitative estimate of drug-likeness (QED) is 0.664. The molecule has 18 heavy (non-hydrogen) atoms. The van der Waals surface area contributed by atoms with Crippen LogP contribution < -0.4 is 11.1 Å². The van der Waals surface area contributed by atoms with Crippen molar-refractivity contribution in [3.8, 4) is 0 Å². The molecule has 1 atom stereocenters. The van der Waals surface area contributed by atoms with Gasteiger partial charge in [-0.2, -0.15) is 0 Å². The van der Waals surface area contributed by atoms with E-state index in [1.165, 1.54) is 0 Å². The van der Waals surface area contributed by atoms with E-state index >= 15 is 0 Å². The summed E-state index contributed by atoms with van der Waals surface area (Å²) in [5.41, 5.74) is 5.79. The van der Waals surface area contributed by atoms with Crippen molar-refractivity contribution in [2.24, 2.45) is 17.6 Å². The molecule has 5 heteroatoms. The molecule has 0 radical (unpaired) electrons. The molecule has 1 aliphatic rings. The van der Waals surface area contributed by atoms with Crippen LogP contribution in [0.1, 0.15) is 45.4 Å². The van der Waals surface area contributed by atoms with Crippen molar-refractivity contribution >= 4 is 11.9 Å². The number of hydrogen-bond acceptors (Lipinski definition) is 3. The topological polar surface area (TPSA) is 92.4 Å². The second kappa shape index (κ2) is 7.36. The highest BCUT2D eigenvalue weighted by molar-refractivity contribution is 5.79. The first kappa shape index (κ1) is 15.0. The maximum Gasteiger partial charge on any atom is 0.308 e. The van der Waals surface area contributed by atoms with Crippen LogP contribution in [0.3, 0.4) is 0 Å². The number of carbonyl (C=O) groups excluding carboxylic acids is 1. The number of hydrogen-bond donors (Lipinski definition) is 3. The van der Waals surface area contributed by atoms with E-state index in [9.17, 15) is 9.59 Å². The van der Waals surface area contributed by atoms with Crippen LogP contribution in [0.4, 0.5) is 0 Å². The fourth-order valence-electron chi connectivity index (χ4n) is 2.41. The molecule has 1 saturated carbocycles. The van der Waals surface area contributed by atoms with Gasteiger partial charge < -0.3 is 16.2 Å². The van der Waals surface area contributed by atoms with Gasteiger partial charge in [0.05, 0.1) is 5.92 Å². The predicted octanol–water partition coefficient (Wildman–Crippen LogP) is 1.12. The van der Waals surface area contributed by atoms with Crippen LogP contribution in [-0.2, 0) is 9.59 Å². The van der Waals surface area contributed by atoms with Gasteiger partial charge in [0, 0.05) is 18.5 Å². The van der Waals surface area contributed by atoms with E-state index < -0.39 is 11.9 Å². The first-order valence-electron chi connectivity index (χ1n) is 6.80. The fourth-order valence-corrected chi connectivity index (χ4v) is 2.41. The number of rotatable bonds is 6. The Hall–Kier alpha value is -1.10. The molecule has 0 saturated heterocycles. The Bertz CT molecular complexity index is 286. The summed E-state index contributed by atoms with van der Waals surface area (Å²) in [6.45, 7) is 2.19. The Morgan fingerprint density at radius 2 is 1.94 bits per heavy atom. The number of nitrogens with one attached hydrogen (secondary N) is 1. The van der Waals surface area contributed by atoms with Gasteiger partial charge in [-0.05, 0) is 32.1 Å². The van der Waals surface area contributed by atoms with Crippen LogP contribution in [0.25, 0.3) is 0 Å². The van der Waals surface area contributed by atoms with E-state index in [0.29, 0.717) is 6.42 Å². The average Bonchev–Trinajstić information content (AvgIpc) is 2.34. The van der Waals surface area contributed by atoms with Crippen molar-refractivity contribution in [2.45, 2.75) is 51.5 Å². The Balaban J connectivity index is 2.33. The minimum absolute atomic E-state index is 0.00995. The Kier molecular flexibility index (Phi) is 6.12. The molecule has 1 aliphatic carbocycles. The molecule has 1 unspecified atom stereocenters. The lowest BCUT2D eigenvalue weighted by Gasteiger charge is -2.25. The van der Waals surface area contributed by atoms with Crippen LogP contribution in [0, 0.1) is 11.8 Å². The predicted molar refractivity (Wildman–Crippen MR) is 69.0 cm³/mol. The molecule has 0 aromatic heterocycles. The molecule has 1 fully saturated rings. The van der Waals surface area contributed by atoms with Gasteiger partial charge in [-0.15, -0.1) is 0 Å². The summed E-state index contributed by atoms with van der Waals surface area (Å²) in [6.07, 6.45) is 4.82. The van der Waals surface area contributed by atoms with E-state index in [0.717, 1.165) is 32.1 Å². The van der Waals surface area contributed by atoms with E-state index in [-0.39, 0.29) is 24.4 Å². The summed E-state index contributed by atoms with van der Waals surface area (Å²) in [7, 11) is 0. The van der Waals surface area contributed by atoms with Crippen molar-refractivity contribution in [3.05, 3.63) is 0 Å². The van der Waals surface area contributed by atoms with Gasteiger partial charge in [0.25, 0.3) is 0 Å². The van der Waals surface area contributed by atoms with E-state index in [1.807, 2.05) is 6.92 Å². The van der Waals surface area contributed by atoms with Crippen LogP contribution in [0.15, 0.2) is 0 Å². The molecule has 0 aromatic rings. The molecule has 104 valence electrons. The SMILES string of the molecule is CCCC(CNC(=O)C1CCC(N)CC1)C(=O)O. The zero-order valence-electron chi connectivity index (χ0n) is 11.0. The summed E-state index contributed by atoms with van der Waals surface area (Å²) in [6, 6.07) is 0.223. The van der Waals surface area contributed by atoms with Gasteiger partial charge in [0.1, 0.15) is 0 Å². The second-order valence-electron chi connectivity index (χ2n) is 5.18. The van der Waals surface area contributed by atoms with Crippen molar-refractivity contribution < 1.29 is 14.7 Å². The second-order valence-corrected chi connectivity index (χ2v) is 5.18. The zero-order valence-corrected chi connectivity index (χ0v) is 11.0. The zero-order chi connectivity index (χ0) is 13.5. The lowest BCUT2D eigenvalue weighted by molar-refractivity contribution is -0.142. The van der Waals surface area contributed by atoms with E-state index in [1.54, 1.807) is 0 Å². The number of nitrogens with two attached hydrogens (primary N) is 1. The van der Waals surface area contributed by atoms with Gasteiger partial charge in [-0.25, -0.2) is 0 Å². The molecule has 5 nitrogen and oxygen atoms in total. The maximum absolute atomic E-state index is 11.9. The number of carboxylic acids is 1. The molecular formula is C13H24N2O3. The lowest BCUT2D eigenvalue weighted by Crippen LogP contribution is -2.39. The van der Waals surface area contributed by atoms with E-state index in [4.69, 9.17) is 10.8 Å². The van der Waals surface area contributed by atoms with Crippen molar-refractivity contribution in [1.29, 1.82) is 0 Å². The molecule has 0 bridgehead atoms. The number of aliphatic carboxylic acids is 1. The first-order chi connectivity index (χ1) is 8.54. The number of carbonyl (C=O) groups is 2. The Labute approximate surface area is 108 Å². The standard InChI is InChI=1S/C13H24N2O3/c1-2-3-10(13(17)18)8-15-12(16)9-4-6-11(14)7-5-9/h9-11H,2-8,14H2,1H3,(H,15,16)(H,17,18). The molecule has 0 spiro atoms. The third-order valence-electron chi connectivity index (χ3n) is 3.65. The van der Waals surface area contributed by atoms with Gasteiger partial charge in [-0.1, -0.05) is 13.3 Å². The first-order valence-corrected chi connectivity index (χ1v) is 6.80. The van der Waals surface area contributed by atoms with Crippen molar-refractivity contribution in [2.75, 3.05) is 6.54 Å². The van der Waals surface area contributed by atoms with Crippen molar-refractivity contribution in [3.63, 3.8) is 0 Å². The highest BCUT2D eigenvalue weighted by atomic mass is 16.4. The molecular weight excluding hydrogens is 232 g/mol. The fraction of sp³-hybridized carbons (Fsp3) is 0.846. The van der Waals surface area contributed by atoms with E-state index in [2.05, 4.69) is 5.32 Å². The van der Waals surface area contributed by atoms with Crippen LogP contribution in [-0.4, -0.2) is 29.6 Å². The third kappa shape index (κ3) is 4.64. The summed E-state index contributed by atoms with van der Waals surface area (Å²) in [5.74, 6) is -1.29. The smallest absolute Gasteiger partial charge is 0.308 e. The number of amides is 1. The molecule has 4 N–H and O–H groups in total. The maximum atomic E-state index is 11.9. The van der Waals surface area contributed by atoms with Gasteiger partial charge in [-0.3, -0.25) is 9.59 Å². The van der Waals surface area contributed by atoms with Gasteiger partial charge >= 0.3 is 5.97 Å². The summed E-state index contributed by atoms with van der Waals surface area (Å²) in [5, 5.41) is 11.8.